The van der Waals surface area contributed by atoms with Crippen LogP contribution >= 0.6 is 0 Å². The average molecular weight is 232 g/mol. The van der Waals surface area contributed by atoms with E-state index in [0.29, 0.717) is 6.04 Å². The normalized spacial score (nSPS) is 24.4. The fourth-order valence-electron chi connectivity index (χ4n) is 2.60. The van der Waals surface area contributed by atoms with E-state index in [4.69, 9.17) is 0 Å². The van der Waals surface area contributed by atoms with E-state index in [1.165, 1.54) is 37.1 Å². The lowest BCUT2D eigenvalue weighted by molar-refractivity contribution is 0.349. The molecule has 1 aliphatic rings. The summed E-state index contributed by atoms with van der Waals surface area (Å²) in [6.07, 6.45) is 5.46. The fraction of sp³-hybridized carbons (Fsp3) is 0.600. The highest BCUT2D eigenvalue weighted by atomic mass is 15.1. The van der Waals surface area contributed by atoms with Crippen LogP contribution in [0.25, 0.3) is 0 Å². The number of benzene rings is 1. The van der Waals surface area contributed by atoms with E-state index in [1.54, 1.807) is 0 Å². The van der Waals surface area contributed by atoms with Crippen LogP contribution in [-0.2, 0) is 0 Å². The molecule has 0 amide bonds. The van der Waals surface area contributed by atoms with E-state index in [9.17, 15) is 0 Å². The summed E-state index contributed by atoms with van der Waals surface area (Å²) in [7, 11) is 4.15. The summed E-state index contributed by atoms with van der Waals surface area (Å²) in [6, 6.07) is 9.40. The Kier molecular flexibility index (Phi) is 3.93. The zero-order valence-electron chi connectivity index (χ0n) is 11.2. The van der Waals surface area contributed by atoms with Crippen LogP contribution in [0.5, 0.6) is 0 Å². The van der Waals surface area contributed by atoms with E-state index in [1.807, 2.05) is 0 Å². The third-order valence-electron chi connectivity index (χ3n) is 3.85. The summed E-state index contributed by atoms with van der Waals surface area (Å²) in [5.41, 5.74) is 2.52. The summed E-state index contributed by atoms with van der Waals surface area (Å²) in [4.78, 5) is 2.13. The van der Waals surface area contributed by atoms with Crippen molar-refractivity contribution in [2.75, 3.05) is 24.3 Å². The van der Waals surface area contributed by atoms with E-state index >= 15 is 0 Å². The minimum atomic E-state index is 0.661. The minimum absolute atomic E-state index is 0.661. The second-order valence-electron chi connectivity index (χ2n) is 5.45. The smallest absolute Gasteiger partial charge is 0.0362 e. The summed E-state index contributed by atoms with van der Waals surface area (Å²) < 4.78 is 0. The van der Waals surface area contributed by atoms with Gasteiger partial charge in [0.2, 0.25) is 0 Å². The van der Waals surface area contributed by atoms with Crippen LogP contribution in [0.3, 0.4) is 0 Å². The van der Waals surface area contributed by atoms with Gasteiger partial charge in [-0.3, -0.25) is 0 Å². The van der Waals surface area contributed by atoms with Gasteiger partial charge in [0.25, 0.3) is 0 Å². The van der Waals surface area contributed by atoms with Gasteiger partial charge in [-0.1, -0.05) is 19.8 Å². The van der Waals surface area contributed by atoms with Crippen molar-refractivity contribution in [1.82, 2.24) is 0 Å². The summed E-state index contributed by atoms with van der Waals surface area (Å²) in [6.45, 7) is 2.37. The Hall–Kier alpha value is -1.18. The van der Waals surface area contributed by atoms with E-state index in [-0.39, 0.29) is 0 Å². The lowest BCUT2D eigenvalue weighted by Gasteiger charge is -2.30. The molecule has 1 aliphatic carbocycles. The van der Waals surface area contributed by atoms with Crippen LogP contribution in [0.4, 0.5) is 11.4 Å². The molecule has 1 fully saturated rings. The maximum atomic E-state index is 3.68. The van der Waals surface area contributed by atoms with Crippen LogP contribution in [0.1, 0.15) is 32.6 Å². The first-order valence-electron chi connectivity index (χ1n) is 6.71. The molecule has 1 saturated carbocycles. The Morgan fingerprint density at radius 2 is 1.71 bits per heavy atom. The highest BCUT2D eigenvalue weighted by Crippen LogP contribution is 2.27. The van der Waals surface area contributed by atoms with Gasteiger partial charge in [0.05, 0.1) is 0 Å². The van der Waals surface area contributed by atoms with Gasteiger partial charge in [-0.25, -0.2) is 0 Å². The maximum absolute atomic E-state index is 3.68. The predicted molar refractivity (Wildman–Crippen MR) is 75.8 cm³/mol. The number of rotatable bonds is 3. The maximum Gasteiger partial charge on any atom is 0.0362 e. The zero-order valence-corrected chi connectivity index (χ0v) is 11.2. The first kappa shape index (κ1) is 12.3. The lowest BCUT2D eigenvalue weighted by atomic mass is 9.86. The Morgan fingerprint density at radius 1 is 1.06 bits per heavy atom. The largest absolute Gasteiger partial charge is 0.382 e. The van der Waals surface area contributed by atoms with Crippen molar-refractivity contribution in [3.63, 3.8) is 0 Å². The molecule has 1 aromatic carbocycles. The highest BCUT2D eigenvalue weighted by Gasteiger charge is 2.20. The van der Waals surface area contributed by atoms with Gasteiger partial charge < -0.3 is 10.2 Å². The van der Waals surface area contributed by atoms with Crippen molar-refractivity contribution in [3.05, 3.63) is 24.3 Å². The van der Waals surface area contributed by atoms with Gasteiger partial charge in [0, 0.05) is 31.5 Å². The van der Waals surface area contributed by atoms with Crippen molar-refractivity contribution in [2.45, 2.75) is 38.6 Å². The van der Waals surface area contributed by atoms with Crippen LogP contribution < -0.4 is 10.2 Å². The molecule has 0 heterocycles. The molecular formula is C15H24N2. The highest BCUT2D eigenvalue weighted by molar-refractivity contribution is 5.54. The Morgan fingerprint density at radius 3 is 2.29 bits per heavy atom. The molecule has 94 valence electrons. The minimum Gasteiger partial charge on any atom is -0.382 e. The first-order valence-corrected chi connectivity index (χ1v) is 6.71. The number of hydrogen-bond acceptors (Lipinski definition) is 2. The molecule has 0 saturated heterocycles. The zero-order chi connectivity index (χ0) is 12.3. The second kappa shape index (κ2) is 5.44. The van der Waals surface area contributed by atoms with Gasteiger partial charge in [-0.15, -0.1) is 0 Å². The summed E-state index contributed by atoms with van der Waals surface area (Å²) >= 11 is 0. The van der Waals surface area contributed by atoms with Gasteiger partial charge in [0.15, 0.2) is 0 Å². The average Bonchev–Trinajstić information content (AvgIpc) is 2.33. The standard InChI is InChI=1S/C15H24N2/c1-12-6-4-5-7-15(12)16-13-8-10-14(11-9-13)17(2)3/h8-12,15-16H,4-7H2,1-3H3. The molecule has 0 radical (unpaired) electrons. The number of anilines is 2. The monoisotopic (exact) mass is 232 g/mol. The van der Waals surface area contributed by atoms with Crippen molar-refractivity contribution >= 4 is 11.4 Å². The molecule has 2 atom stereocenters. The van der Waals surface area contributed by atoms with Crippen molar-refractivity contribution in [2.24, 2.45) is 5.92 Å². The molecule has 2 rings (SSSR count). The van der Waals surface area contributed by atoms with Gasteiger partial charge >= 0.3 is 0 Å². The molecule has 0 bridgehead atoms. The van der Waals surface area contributed by atoms with Gasteiger partial charge in [0.1, 0.15) is 0 Å². The third-order valence-corrected chi connectivity index (χ3v) is 3.85. The molecule has 0 spiro atoms. The van der Waals surface area contributed by atoms with Crippen LogP contribution in [0.2, 0.25) is 0 Å². The lowest BCUT2D eigenvalue weighted by Crippen LogP contribution is -2.30. The molecule has 2 unspecified atom stereocenters. The summed E-state index contributed by atoms with van der Waals surface area (Å²) in [5.74, 6) is 0.803. The Bertz CT molecular complexity index is 342. The SMILES string of the molecule is CC1CCCCC1Nc1ccc(N(C)C)cc1. The Balaban J connectivity index is 1.98. The van der Waals surface area contributed by atoms with Crippen molar-refractivity contribution in [3.8, 4) is 0 Å². The molecule has 1 aromatic rings. The molecule has 1 N–H and O–H groups in total. The predicted octanol–water partition coefficient (Wildman–Crippen LogP) is 3.74. The van der Waals surface area contributed by atoms with Crippen LogP contribution in [0.15, 0.2) is 24.3 Å². The van der Waals surface area contributed by atoms with Crippen LogP contribution in [0, 0.1) is 5.92 Å². The van der Waals surface area contributed by atoms with E-state index < -0.39 is 0 Å². The fourth-order valence-corrected chi connectivity index (χ4v) is 2.60. The first-order chi connectivity index (χ1) is 8.16. The number of nitrogens with one attached hydrogen (secondary N) is 1. The Labute approximate surface area is 105 Å². The van der Waals surface area contributed by atoms with Crippen molar-refractivity contribution in [1.29, 1.82) is 0 Å². The summed E-state index contributed by atoms with van der Waals surface area (Å²) in [5, 5.41) is 3.68. The molecule has 2 heteroatoms. The third kappa shape index (κ3) is 3.15. The van der Waals surface area contributed by atoms with E-state index in [2.05, 4.69) is 55.5 Å². The van der Waals surface area contributed by atoms with Gasteiger partial charge in [-0.2, -0.15) is 0 Å². The van der Waals surface area contributed by atoms with Crippen LogP contribution in [-0.4, -0.2) is 20.1 Å². The second-order valence-corrected chi connectivity index (χ2v) is 5.45. The number of hydrogen-bond donors (Lipinski definition) is 1. The van der Waals surface area contributed by atoms with Gasteiger partial charge in [-0.05, 0) is 43.0 Å². The number of nitrogens with zero attached hydrogens (tertiary/aromatic N) is 1. The molecule has 0 aromatic heterocycles. The molecule has 0 aliphatic heterocycles. The molecular weight excluding hydrogens is 208 g/mol. The molecule has 2 nitrogen and oxygen atoms in total. The molecule has 17 heavy (non-hydrogen) atoms. The topological polar surface area (TPSA) is 15.3 Å². The van der Waals surface area contributed by atoms with E-state index in [0.717, 1.165) is 5.92 Å². The quantitative estimate of drug-likeness (QED) is 0.854. The van der Waals surface area contributed by atoms with Crippen molar-refractivity contribution < 1.29 is 0 Å².